The second-order valence-corrected chi connectivity index (χ2v) is 6.51. The van der Waals surface area contributed by atoms with Crippen molar-refractivity contribution < 1.29 is 19.0 Å². The Balaban J connectivity index is 1.60. The van der Waals surface area contributed by atoms with E-state index in [9.17, 15) is 4.79 Å². The van der Waals surface area contributed by atoms with E-state index in [1.807, 2.05) is 24.3 Å². The van der Waals surface area contributed by atoms with Crippen molar-refractivity contribution in [3.63, 3.8) is 0 Å². The van der Waals surface area contributed by atoms with Gasteiger partial charge in [0.2, 0.25) is 0 Å². The lowest BCUT2D eigenvalue weighted by atomic mass is 10.2. The molecule has 0 aliphatic rings. The Morgan fingerprint density at radius 3 is 2.79 bits per heavy atom. The third kappa shape index (κ3) is 4.58. The molecule has 3 aromatic rings. The summed E-state index contributed by atoms with van der Waals surface area (Å²) in [5.74, 6) is 1.29. The van der Waals surface area contributed by atoms with Crippen LogP contribution >= 0.6 is 15.9 Å². The summed E-state index contributed by atoms with van der Waals surface area (Å²) in [6.07, 6.45) is 3.19. The Bertz CT molecular complexity index is 1020. The van der Waals surface area contributed by atoms with E-state index in [1.165, 1.54) is 6.21 Å². The molecule has 2 aromatic carbocycles. The van der Waals surface area contributed by atoms with E-state index in [0.717, 1.165) is 10.9 Å². The highest BCUT2D eigenvalue weighted by Crippen LogP contribution is 2.35. The van der Waals surface area contributed by atoms with Crippen LogP contribution in [0.2, 0.25) is 0 Å². The van der Waals surface area contributed by atoms with E-state index in [-0.39, 0.29) is 12.5 Å². The van der Waals surface area contributed by atoms with Crippen LogP contribution < -0.4 is 19.6 Å². The molecule has 1 heterocycles. The summed E-state index contributed by atoms with van der Waals surface area (Å²) < 4.78 is 16.8. The van der Waals surface area contributed by atoms with Crippen molar-refractivity contribution in [3.8, 4) is 17.2 Å². The number of hydrazone groups is 1. The number of benzene rings is 2. The molecule has 8 heteroatoms. The van der Waals surface area contributed by atoms with Crippen molar-refractivity contribution in [2.75, 3.05) is 20.8 Å². The van der Waals surface area contributed by atoms with Crippen molar-refractivity contribution in [2.24, 2.45) is 5.10 Å². The standard InChI is InChI=1S/C20H18BrN3O4/c1-26-17-10-13(9-15(21)20(17)27-2)11-23-24-18(25)12-28-16-7-3-5-14-6-4-8-22-19(14)16/h3-11H,12H2,1-2H3,(H,24,25)/b23-11-. The molecule has 0 saturated heterocycles. The Morgan fingerprint density at radius 2 is 2.00 bits per heavy atom. The quantitative estimate of drug-likeness (QED) is 0.445. The molecule has 0 unspecified atom stereocenters. The van der Waals surface area contributed by atoms with E-state index in [1.54, 1.807) is 38.6 Å². The fourth-order valence-electron chi connectivity index (χ4n) is 2.56. The number of rotatable bonds is 7. The van der Waals surface area contributed by atoms with Crippen LogP contribution in [0.1, 0.15) is 5.56 Å². The van der Waals surface area contributed by atoms with Gasteiger partial charge in [0.1, 0.15) is 11.3 Å². The zero-order valence-corrected chi connectivity index (χ0v) is 16.9. The molecule has 1 N–H and O–H groups in total. The van der Waals surface area contributed by atoms with E-state index in [2.05, 4.69) is 31.4 Å². The van der Waals surface area contributed by atoms with E-state index in [4.69, 9.17) is 14.2 Å². The molecule has 1 amide bonds. The van der Waals surface area contributed by atoms with Gasteiger partial charge in [-0.15, -0.1) is 0 Å². The van der Waals surface area contributed by atoms with Gasteiger partial charge in [-0.1, -0.05) is 18.2 Å². The molecule has 0 radical (unpaired) electrons. The van der Waals surface area contributed by atoms with Crippen LogP contribution in [0.25, 0.3) is 10.9 Å². The summed E-state index contributed by atoms with van der Waals surface area (Å²) in [6.45, 7) is -0.178. The van der Waals surface area contributed by atoms with E-state index < -0.39 is 0 Å². The highest BCUT2D eigenvalue weighted by atomic mass is 79.9. The van der Waals surface area contributed by atoms with E-state index >= 15 is 0 Å². The average molecular weight is 444 g/mol. The molecule has 0 atom stereocenters. The topological polar surface area (TPSA) is 82.0 Å². The lowest BCUT2D eigenvalue weighted by Gasteiger charge is -2.10. The Morgan fingerprint density at radius 1 is 1.18 bits per heavy atom. The molecule has 0 bridgehead atoms. The zero-order chi connectivity index (χ0) is 19.9. The van der Waals surface area contributed by atoms with Crippen LogP contribution in [0.15, 0.2) is 58.2 Å². The molecule has 0 aliphatic carbocycles. The molecular formula is C20H18BrN3O4. The van der Waals surface area contributed by atoms with Crippen molar-refractivity contribution in [3.05, 3.63) is 58.7 Å². The number of hydrogen-bond acceptors (Lipinski definition) is 6. The fourth-order valence-corrected chi connectivity index (χ4v) is 3.18. The number of amides is 1. The van der Waals surface area contributed by atoms with Crippen LogP contribution in [0.5, 0.6) is 17.2 Å². The van der Waals surface area contributed by atoms with Gasteiger partial charge < -0.3 is 14.2 Å². The third-order valence-electron chi connectivity index (χ3n) is 3.81. The second kappa shape index (κ2) is 9.18. The first-order valence-electron chi connectivity index (χ1n) is 8.32. The number of para-hydroxylation sites is 1. The largest absolute Gasteiger partial charge is 0.493 e. The lowest BCUT2D eigenvalue weighted by Crippen LogP contribution is -2.24. The highest BCUT2D eigenvalue weighted by Gasteiger charge is 2.10. The van der Waals surface area contributed by atoms with Gasteiger partial charge in [0, 0.05) is 11.6 Å². The molecule has 0 fully saturated rings. The number of aromatic nitrogens is 1. The molecule has 28 heavy (non-hydrogen) atoms. The fraction of sp³-hybridized carbons (Fsp3) is 0.150. The number of fused-ring (bicyclic) bond motifs is 1. The minimum atomic E-state index is -0.385. The van der Waals surface area contributed by atoms with Crippen molar-refractivity contribution in [1.29, 1.82) is 0 Å². The number of methoxy groups -OCH3 is 2. The maximum atomic E-state index is 12.0. The van der Waals surface area contributed by atoms with Crippen molar-refractivity contribution >= 4 is 39.0 Å². The number of carbonyl (C=O) groups is 1. The Kier molecular flexibility index (Phi) is 6.44. The van der Waals surface area contributed by atoms with Gasteiger partial charge >= 0.3 is 0 Å². The minimum absolute atomic E-state index is 0.178. The molecule has 1 aromatic heterocycles. The zero-order valence-electron chi connectivity index (χ0n) is 15.3. The SMILES string of the molecule is COc1cc(/C=N\NC(=O)COc2cccc3cccnc23)cc(Br)c1OC. The monoisotopic (exact) mass is 443 g/mol. The van der Waals surface area contributed by atoms with Crippen LogP contribution in [0.3, 0.4) is 0 Å². The summed E-state index contributed by atoms with van der Waals surface area (Å²) >= 11 is 3.41. The maximum Gasteiger partial charge on any atom is 0.277 e. The van der Waals surface area contributed by atoms with Gasteiger partial charge in [-0.2, -0.15) is 5.10 Å². The van der Waals surface area contributed by atoms with Gasteiger partial charge in [0.25, 0.3) is 5.91 Å². The van der Waals surface area contributed by atoms with Crippen molar-refractivity contribution in [2.45, 2.75) is 0 Å². The number of carbonyl (C=O) groups excluding carboxylic acids is 1. The number of pyridine rings is 1. The predicted molar refractivity (Wildman–Crippen MR) is 110 cm³/mol. The lowest BCUT2D eigenvalue weighted by molar-refractivity contribution is -0.123. The maximum absolute atomic E-state index is 12.0. The molecular weight excluding hydrogens is 426 g/mol. The van der Waals surface area contributed by atoms with Gasteiger partial charge in [-0.05, 0) is 45.8 Å². The molecule has 0 saturated carbocycles. The molecule has 3 rings (SSSR count). The molecule has 0 aliphatic heterocycles. The first-order valence-corrected chi connectivity index (χ1v) is 9.11. The number of ether oxygens (including phenoxy) is 3. The first kappa shape index (κ1) is 19.6. The summed E-state index contributed by atoms with van der Waals surface area (Å²) in [5.41, 5.74) is 3.86. The Labute approximate surface area is 170 Å². The minimum Gasteiger partial charge on any atom is -0.493 e. The van der Waals surface area contributed by atoms with Crippen molar-refractivity contribution in [1.82, 2.24) is 10.4 Å². The normalized spacial score (nSPS) is 10.8. The van der Waals surface area contributed by atoms with Gasteiger partial charge in [0.15, 0.2) is 18.1 Å². The van der Waals surface area contributed by atoms with Crippen LogP contribution in [0.4, 0.5) is 0 Å². The first-order chi connectivity index (χ1) is 13.6. The van der Waals surface area contributed by atoms with Crippen LogP contribution in [0, 0.1) is 0 Å². The smallest absolute Gasteiger partial charge is 0.277 e. The summed E-state index contributed by atoms with van der Waals surface area (Å²) in [5, 5.41) is 4.89. The number of halogens is 1. The number of nitrogens with zero attached hydrogens (tertiary/aromatic N) is 2. The van der Waals surface area contributed by atoms with Gasteiger partial charge in [-0.25, -0.2) is 5.43 Å². The number of hydrogen-bond donors (Lipinski definition) is 1. The van der Waals surface area contributed by atoms with Gasteiger partial charge in [-0.3, -0.25) is 9.78 Å². The summed E-state index contributed by atoms with van der Waals surface area (Å²) in [4.78, 5) is 16.3. The van der Waals surface area contributed by atoms with Gasteiger partial charge in [0.05, 0.1) is 24.9 Å². The third-order valence-corrected chi connectivity index (χ3v) is 4.40. The molecule has 144 valence electrons. The molecule has 7 nitrogen and oxygen atoms in total. The predicted octanol–water partition coefficient (Wildman–Crippen LogP) is 3.54. The summed E-state index contributed by atoms with van der Waals surface area (Å²) in [7, 11) is 3.11. The van der Waals surface area contributed by atoms with Crippen LogP contribution in [-0.4, -0.2) is 37.9 Å². The van der Waals surface area contributed by atoms with E-state index in [0.29, 0.717) is 27.2 Å². The van der Waals surface area contributed by atoms with Crippen LogP contribution in [-0.2, 0) is 4.79 Å². The highest BCUT2D eigenvalue weighted by molar-refractivity contribution is 9.10. The number of nitrogens with one attached hydrogen (secondary N) is 1. The average Bonchev–Trinajstić information content (AvgIpc) is 2.71. The Hall–Kier alpha value is -3.13. The summed E-state index contributed by atoms with van der Waals surface area (Å²) in [6, 6.07) is 12.9. The molecule has 0 spiro atoms. The second-order valence-electron chi connectivity index (χ2n) is 5.65.